The van der Waals surface area contributed by atoms with Crippen LogP contribution in [0.2, 0.25) is 0 Å². The van der Waals surface area contributed by atoms with E-state index in [9.17, 15) is 9.18 Å². The largest absolute Gasteiger partial charge is 0.447 e. The first kappa shape index (κ1) is 13.6. The molecule has 3 nitrogen and oxygen atoms in total. The summed E-state index contributed by atoms with van der Waals surface area (Å²) in [5.41, 5.74) is 0. The van der Waals surface area contributed by atoms with Crippen LogP contribution in [0.1, 0.15) is 46.0 Å². The van der Waals surface area contributed by atoms with E-state index in [1.807, 2.05) is 4.90 Å². The van der Waals surface area contributed by atoms with E-state index in [0.717, 1.165) is 37.5 Å². The number of hydrogen-bond acceptors (Lipinski definition) is 2. The molecular formula is C14H24FNO2. The van der Waals surface area contributed by atoms with Gasteiger partial charge in [0.2, 0.25) is 0 Å². The molecule has 2 unspecified atom stereocenters. The van der Waals surface area contributed by atoms with E-state index in [2.05, 4.69) is 13.8 Å². The monoisotopic (exact) mass is 257 g/mol. The minimum Gasteiger partial charge on any atom is -0.447 e. The van der Waals surface area contributed by atoms with Crippen LogP contribution in [-0.2, 0) is 4.74 Å². The number of ether oxygens (including phenoxy) is 1. The molecule has 0 aromatic rings. The highest BCUT2D eigenvalue weighted by Crippen LogP contribution is 2.42. The molecule has 0 aliphatic carbocycles. The first-order valence-corrected chi connectivity index (χ1v) is 7.18. The van der Waals surface area contributed by atoms with Gasteiger partial charge in [-0.15, -0.1) is 0 Å². The Kier molecular flexibility index (Phi) is 4.46. The number of carbonyl (C=O) groups excluding carboxylic acids is 1. The maximum Gasteiger partial charge on any atom is 0.410 e. The summed E-state index contributed by atoms with van der Waals surface area (Å²) >= 11 is 0. The van der Waals surface area contributed by atoms with E-state index in [4.69, 9.17) is 4.74 Å². The number of halogens is 1. The van der Waals surface area contributed by atoms with E-state index in [1.54, 1.807) is 0 Å². The number of nitrogens with zero attached hydrogens (tertiary/aromatic N) is 1. The molecule has 0 aromatic carbocycles. The van der Waals surface area contributed by atoms with Gasteiger partial charge in [0, 0.05) is 12.1 Å². The van der Waals surface area contributed by atoms with E-state index in [-0.39, 0.29) is 12.7 Å². The second kappa shape index (κ2) is 5.89. The maximum absolute atomic E-state index is 12.0. The predicted octanol–water partition coefficient (Wildman–Crippen LogP) is 3.38. The number of carbonyl (C=O) groups is 1. The lowest BCUT2D eigenvalue weighted by Gasteiger charge is -2.40. The molecule has 2 aliphatic heterocycles. The lowest BCUT2D eigenvalue weighted by Crippen LogP contribution is -2.47. The van der Waals surface area contributed by atoms with Gasteiger partial charge in [-0.2, -0.15) is 0 Å². The number of alkyl halides is 1. The van der Waals surface area contributed by atoms with Gasteiger partial charge in [-0.25, -0.2) is 9.18 Å². The fourth-order valence-corrected chi connectivity index (χ4v) is 3.52. The minimum absolute atomic E-state index is 0.108. The summed E-state index contributed by atoms with van der Waals surface area (Å²) in [4.78, 5) is 13.8. The fraction of sp³-hybridized carbons (Fsp3) is 0.929. The summed E-state index contributed by atoms with van der Waals surface area (Å²) in [6.45, 7) is 3.84. The van der Waals surface area contributed by atoms with Gasteiger partial charge in [0.15, 0.2) is 0 Å². The van der Waals surface area contributed by atoms with Crippen molar-refractivity contribution >= 4 is 6.09 Å². The van der Waals surface area contributed by atoms with Crippen molar-refractivity contribution in [3.05, 3.63) is 0 Å². The SMILES string of the molecule is CC[C@H](C)C1CC2CCC(C1)N2C(=O)OCCF. The number of amides is 1. The van der Waals surface area contributed by atoms with Gasteiger partial charge in [0.25, 0.3) is 0 Å². The quantitative estimate of drug-likeness (QED) is 0.772. The highest BCUT2D eigenvalue weighted by Gasteiger charge is 2.44. The van der Waals surface area contributed by atoms with Crippen molar-refractivity contribution < 1.29 is 13.9 Å². The summed E-state index contributed by atoms with van der Waals surface area (Å²) in [5, 5.41) is 0. The van der Waals surface area contributed by atoms with Crippen LogP contribution in [0.25, 0.3) is 0 Å². The average Bonchev–Trinajstić information content (AvgIpc) is 2.65. The van der Waals surface area contributed by atoms with Crippen molar-refractivity contribution in [1.29, 1.82) is 0 Å². The minimum atomic E-state index is -0.593. The van der Waals surface area contributed by atoms with Gasteiger partial charge >= 0.3 is 6.09 Å². The maximum atomic E-state index is 12.0. The van der Waals surface area contributed by atoms with Gasteiger partial charge in [-0.3, -0.25) is 0 Å². The second-order valence-electron chi connectivity index (χ2n) is 5.71. The molecule has 2 bridgehead atoms. The molecule has 2 rings (SSSR count). The molecule has 18 heavy (non-hydrogen) atoms. The highest BCUT2D eigenvalue weighted by atomic mass is 19.1. The third kappa shape index (κ3) is 2.62. The van der Waals surface area contributed by atoms with Crippen molar-refractivity contribution in [2.45, 2.75) is 58.0 Å². The van der Waals surface area contributed by atoms with Gasteiger partial charge < -0.3 is 9.64 Å². The number of piperidine rings is 1. The zero-order chi connectivity index (χ0) is 13.1. The normalized spacial score (nSPS) is 32.4. The summed E-state index contributed by atoms with van der Waals surface area (Å²) < 4.78 is 17.0. The van der Waals surface area contributed by atoms with Crippen molar-refractivity contribution in [2.24, 2.45) is 11.8 Å². The molecule has 2 aliphatic rings. The van der Waals surface area contributed by atoms with Crippen molar-refractivity contribution in [3.63, 3.8) is 0 Å². The topological polar surface area (TPSA) is 29.5 Å². The molecule has 104 valence electrons. The van der Waals surface area contributed by atoms with Crippen molar-refractivity contribution in [1.82, 2.24) is 4.90 Å². The molecule has 0 aromatic heterocycles. The van der Waals surface area contributed by atoms with Crippen LogP contribution in [0.5, 0.6) is 0 Å². The molecule has 3 atom stereocenters. The van der Waals surface area contributed by atoms with Gasteiger partial charge in [-0.1, -0.05) is 20.3 Å². The molecule has 4 heteroatoms. The molecule has 1 amide bonds. The zero-order valence-corrected chi connectivity index (χ0v) is 11.4. The van der Waals surface area contributed by atoms with Gasteiger partial charge in [-0.05, 0) is 37.5 Å². The predicted molar refractivity (Wildman–Crippen MR) is 68.2 cm³/mol. The Labute approximate surface area is 109 Å². The van der Waals surface area contributed by atoms with Crippen LogP contribution in [0.3, 0.4) is 0 Å². The Morgan fingerprint density at radius 3 is 2.50 bits per heavy atom. The summed E-state index contributed by atoms with van der Waals surface area (Å²) in [6, 6.07) is 0.657. The smallest absolute Gasteiger partial charge is 0.410 e. The van der Waals surface area contributed by atoms with Gasteiger partial charge in [0.1, 0.15) is 13.3 Å². The molecule has 0 N–H and O–H groups in total. The second-order valence-corrected chi connectivity index (χ2v) is 5.71. The van der Waals surface area contributed by atoms with Crippen molar-refractivity contribution in [2.75, 3.05) is 13.3 Å². The first-order chi connectivity index (χ1) is 8.67. The van der Waals surface area contributed by atoms with E-state index in [1.165, 1.54) is 6.42 Å². The van der Waals surface area contributed by atoms with E-state index >= 15 is 0 Å². The van der Waals surface area contributed by atoms with E-state index < -0.39 is 6.67 Å². The number of rotatable bonds is 4. The number of hydrogen-bond donors (Lipinski definition) is 0. The Morgan fingerprint density at radius 1 is 1.39 bits per heavy atom. The van der Waals surface area contributed by atoms with Crippen molar-refractivity contribution in [3.8, 4) is 0 Å². The van der Waals surface area contributed by atoms with Crippen LogP contribution >= 0.6 is 0 Å². The lowest BCUT2D eigenvalue weighted by molar-refractivity contribution is 0.0456. The molecule has 2 heterocycles. The van der Waals surface area contributed by atoms with E-state index in [0.29, 0.717) is 12.1 Å². The molecular weight excluding hydrogens is 233 g/mol. The fourth-order valence-electron chi connectivity index (χ4n) is 3.52. The third-order valence-corrected chi connectivity index (χ3v) is 4.73. The standard InChI is InChI=1S/C14H24FNO2/c1-3-10(2)11-8-12-4-5-13(9-11)16(12)14(17)18-7-6-15/h10-13H,3-9H2,1-2H3/t10-,11?,12?,13?/m0/s1. The number of fused-ring (bicyclic) bond motifs is 2. The first-order valence-electron chi connectivity index (χ1n) is 7.18. The third-order valence-electron chi connectivity index (χ3n) is 4.73. The van der Waals surface area contributed by atoms with Gasteiger partial charge in [0.05, 0.1) is 0 Å². The highest BCUT2D eigenvalue weighted by molar-refractivity contribution is 5.69. The lowest BCUT2D eigenvalue weighted by atomic mass is 9.81. The Hall–Kier alpha value is -0.800. The zero-order valence-electron chi connectivity index (χ0n) is 11.4. The van der Waals surface area contributed by atoms with Crippen LogP contribution < -0.4 is 0 Å². The summed E-state index contributed by atoms with van der Waals surface area (Å²) in [6.07, 6.45) is 5.26. The molecule has 0 spiro atoms. The summed E-state index contributed by atoms with van der Waals surface area (Å²) in [7, 11) is 0. The Bertz CT molecular complexity index is 284. The molecule has 0 radical (unpaired) electrons. The van der Waals surface area contributed by atoms with Crippen LogP contribution in [0.15, 0.2) is 0 Å². The average molecular weight is 257 g/mol. The molecule has 2 saturated heterocycles. The van der Waals surface area contributed by atoms with Crippen LogP contribution in [0.4, 0.5) is 9.18 Å². The Morgan fingerprint density at radius 2 is 2.00 bits per heavy atom. The molecule has 2 fully saturated rings. The van der Waals surface area contributed by atoms with Crippen LogP contribution in [-0.4, -0.2) is 36.4 Å². The molecule has 0 saturated carbocycles. The summed E-state index contributed by atoms with van der Waals surface area (Å²) in [5.74, 6) is 1.47. The Balaban J connectivity index is 1.95. The van der Waals surface area contributed by atoms with Crippen LogP contribution in [0, 0.1) is 11.8 Å².